The first-order valence-corrected chi connectivity index (χ1v) is 9.93. The van der Waals surface area contributed by atoms with Crippen LogP contribution in [-0.4, -0.2) is 40.9 Å². The van der Waals surface area contributed by atoms with E-state index in [2.05, 4.69) is 6.92 Å². The first-order chi connectivity index (χ1) is 12.0. The Morgan fingerprint density at radius 1 is 1.16 bits per heavy atom. The van der Waals surface area contributed by atoms with Crippen LogP contribution >= 0.6 is 24.0 Å². The number of hydrogen-bond donors (Lipinski definition) is 0. The third kappa shape index (κ3) is 5.83. The number of unbranched alkanes of at least 4 members (excludes halogenated alkanes) is 4. The maximum Gasteiger partial charge on any atom is 0.280 e. The molecule has 25 heavy (non-hydrogen) atoms. The van der Waals surface area contributed by atoms with Gasteiger partial charge in [-0.3, -0.25) is 4.79 Å². The van der Waals surface area contributed by atoms with E-state index in [4.69, 9.17) is 17.0 Å². The fraction of sp³-hybridized carbons (Fsp3) is 0.474. The second-order valence-corrected chi connectivity index (χ2v) is 7.85. The van der Waals surface area contributed by atoms with Gasteiger partial charge in [-0.1, -0.05) is 68.7 Å². The first kappa shape index (κ1) is 19.9. The molecule has 0 unspecified atom stereocenters. The number of amides is 1. The molecular weight excluding hydrogens is 352 g/mol. The van der Waals surface area contributed by atoms with Gasteiger partial charge in [-0.15, -0.1) is 0 Å². The molecule has 0 aliphatic carbocycles. The molecule has 0 bridgehead atoms. The van der Waals surface area contributed by atoms with Gasteiger partial charge in [-0.05, 0) is 30.2 Å². The number of thioether (sulfide) groups is 1. The highest BCUT2D eigenvalue weighted by molar-refractivity contribution is 8.26. The lowest BCUT2D eigenvalue weighted by Crippen LogP contribution is -2.39. The van der Waals surface area contributed by atoms with Crippen LogP contribution in [0, 0.1) is 0 Å². The molecule has 0 radical (unpaired) electrons. The molecule has 1 saturated heterocycles. The largest absolute Gasteiger partial charge is 0.494 e. The van der Waals surface area contributed by atoms with E-state index in [1.54, 1.807) is 5.01 Å². The van der Waals surface area contributed by atoms with Gasteiger partial charge < -0.3 is 4.74 Å². The van der Waals surface area contributed by atoms with Crippen molar-refractivity contribution in [2.24, 2.45) is 0 Å². The number of benzene rings is 1. The van der Waals surface area contributed by atoms with E-state index in [9.17, 15) is 4.79 Å². The molecular formula is C19H26N2O2S2. The molecule has 1 aromatic carbocycles. The van der Waals surface area contributed by atoms with Crippen LogP contribution in [0.5, 0.6) is 5.75 Å². The number of hydrogen-bond acceptors (Lipinski definition) is 5. The maximum absolute atomic E-state index is 12.4. The van der Waals surface area contributed by atoms with Crippen LogP contribution in [0.1, 0.15) is 44.6 Å². The maximum atomic E-state index is 12.4. The molecule has 4 nitrogen and oxygen atoms in total. The zero-order valence-corrected chi connectivity index (χ0v) is 16.8. The van der Waals surface area contributed by atoms with Crippen LogP contribution in [0.4, 0.5) is 0 Å². The normalized spacial score (nSPS) is 16.3. The highest BCUT2D eigenvalue weighted by Gasteiger charge is 2.33. The minimum Gasteiger partial charge on any atom is -0.494 e. The third-order valence-corrected chi connectivity index (χ3v) is 5.15. The predicted octanol–water partition coefficient (Wildman–Crippen LogP) is 4.71. The molecule has 2 rings (SSSR count). The van der Waals surface area contributed by atoms with Gasteiger partial charge in [0.15, 0.2) is 4.32 Å². The van der Waals surface area contributed by atoms with Gasteiger partial charge in [0, 0.05) is 14.1 Å². The highest BCUT2D eigenvalue weighted by atomic mass is 32.2. The average molecular weight is 379 g/mol. The predicted molar refractivity (Wildman–Crippen MR) is 109 cm³/mol. The number of rotatable bonds is 9. The Morgan fingerprint density at radius 2 is 1.84 bits per heavy atom. The molecule has 0 atom stereocenters. The van der Waals surface area contributed by atoms with Crippen molar-refractivity contribution < 1.29 is 9.53 Å². The second kappa shape index (κ2) is 9.94. The third-order valence-electron chi connectivity index (χ3n) is 3.87. The Hall–Kier alpha value is -1.37. The van der Waals surface area contributed by atoms with E-state index >= 15 is 0 Å². The number of hydrazine groups is 1. The molecule has 0 aromatic heterocycles. The zero-order valence-electron chi connectivity index (χ0n) is 15.2. The summed E-state index contributed by atoms with van der Waals surface area (Å²) >= 11 is 6.59. The summed E-state index contributed by atoms with van der Waals surface area (Å²) in [6.45, 7) is 2.97. The molecule has 6 heteroatoms. The Labute approximate surface area is 160 Å². The Balaban J connectivity index is 1.88. The van der Waals surface area contributed by atoms with Crippen LogP contribution in [0.25, 0.3) is 6.08 Å². The van der Waals surface area contributed by atoms with Crippen LogP contribution < -0.4 is 4.74 Å². The molecule has 1 heterocycles. The van der Waals surface area contributed by atoms with Crippen molar-refractivity contribution in [2.75, 3.05) is 20.7 Å². The van der Waals surface area contributed by atoms with Crippen molar-refractivity contribution in [3.8, 4) is 5.75 Å². The number of ether oxygens (including phenoxy) is 1. The molecule has 0 spiro atoms. The fourth-order valence-corrected chi connectivity index (χ4v) is 3.92. The summed E-state index contributed by atoms with van der Waals surface area (Å²) in [7, 11) is 3.62. The summed E-state index contributed by atoms with van der Waals surface area (Å²) in [4.78, 5) is 13.0. The van der Waals surface area contributed by atoms with Gasteiger partial charge >= 0.3 is 0 Å². The summed E-state index contributed by atoms with van der Waals surface area (Å²) in [6.07, 6.45) is 8.03. The lowest BCUT2D eigenvalue weighted by Gasteiger charge is -2.21. The summed E-state index contributed by atoms with van der Waals surface area (Å²) in [5, 5.41) is 3.21. The molecule has 1 aromatic rings. The van der Waals surface area contributed by atoms with Gasteiger partial charge in [-0.2, -0.15) is 0 Å². The minimum atomic E-state index is -0.0765. The fourth-order valence-electron chi connectivity index (χ4n) is 2.51. The van der Waals surface area contributed by atoms with Crippen molar-refractivity contribution in [1.29, 1.82) is 0 Å². The molecule has 1 aliphatic rings. The monoisotopic (exact) mass is 378 g/mol. The number of carbonyl (C=O) groups is 1. The van der Waals surface area contributed by atoms with Crippen molar-refractivity contribution in [1.82, 2.24) is 10.0 Å². The van der Waals surface area contributed by atoms with Crippen molar-refractivity contribution in [2.45, 2.75) is 39.0 Å². The first-order valence-electron chi connectivity index (χ1n) is 8.71. The van der Waals surface area contributed by atoms with Crippen LogP contribution in [0.3, 0.4) is 0 Å². The molecule has 0 saturated carbocycles. The van der Waals surface area contributed by atoms with E-state index in [0.717, 1.165) is 24.3 Å². The molecule has 1 amide bonds. The number of nitrogens with zero attached hydrogens (tertiary/aromatic N) is 2. The minimum absolute atomic E-state index is 0.0765. The van der Waals surface area contributed by atoms with Gasteiger partial charge in [0.25, 0.3) is 5.91 Å². The molecule has 1 fully saturated rings. The van der Waals surface area contributed by atoms with Gasteiger partial charge in [0.2, 0.25) is 0 Å². The molecule has 1 aliphatic heterocycles. The van der Waals surface area contributed by atoms with E-state index in [1.165, 1.54) is 42.5 Å². The summed E-state index contributed by atoms with van der Waals surface area (Å²) in [6, 6.07) is 7.83. The van der Waals surface area contributed by atoms with Crippen LogP contribution in [0.2, 0.25) is 0 Å². The number of thiocarbonyl (C=S) groups is 1. The SMILES string of the molecule is CCCCCCCOc1ccc(C=C2SC(=S)N(N(C)C)C2=O)cc1. The van der Waals surface area contributed by atoms with Gasteiger partial charge in [0.1, 0.15) is 5.75 Å². The number of carbonyl (C=O) groups excluding carboxylic acids is 1. The highest BCUT2D eigenvalue weighted by Crippen LogP contribution is 2.33. The summed E-state index contributed by atoms with van der Waals surface area (Å²) in [5.41, 5.74) is 0.967. The average Bonchev–Trinajstić information content (AvgIpc) is 2.86. The standard InChI is InChI=1S/C19H26N2O2S2/c1-4-5-6-7-8-13-23-16-11-9-15(10-12-16)14-17-18(22)21(20(2)3)19(24)25-17/h9-12,14H,4-8,13H2,1-3H3. The van der Waals surface area contributed by atoms with Crippen LogP contribution in [-0.2, 0) is 4.79 Å². The van der Waals surface area contributed by atoms with Crippen molar-refractivity contribution in [3.63, 3.8) is 0 Å². The quantitative estimate of drug-likeness (QED) is 0.353. The van der Waals surface area contributed by atoms with E-state index in [0.29, 0.717) is 9.23 Å². The smallest absolute Gasteiger partial charge is 0.280 e. The van der Waals surface area contributed by atoms with Gasteiger partial charge in [0.05, 0.1) is 11.5 Å². The van der Waals surface area contributed by atoms with Crippen molar-refractivity contribution >= 4 is 40.3 Å². The van der Waals surface area contributed by atoms with Gasteiger partial charge in [-0.25, -0.2) is 10.0 Å². The Bertz CT molecular complexity index is 627. The summed E-state index contributed by atoms with van der Waals surface area (Å²) in [5.74, 6) is 0.792. The van der Waals surface area contributed by atoms with Crippen LogP contribution in [0.15, 0.2) is 29.2 Å². The lowest BCUT2D eigenvalue weighted by atomic mass is 10.2. The van der Waals surface area contributed by atoms with E-state index < -0.39 is 0 Å². The van der Waals surface area contributed by atoms with E-state index in [1.807, 2.05) is 44.4 Å². The lowest BCUT2D eigenvalue weighted by molar-refractivity contribution is -0.130. The second-order valence-electron chi connectivity index (χ2n) is 6.17. The molecule has 0 N–H and O–H groups in total. The Morgan fingerprint density at radius 3 is 2.44 bits per heavy atom. The zero-order chi connectivity index (χ0) is 18.2. The summed E-state index contributed by atoms with van der Waals surface area (Å²) < 4.78 is 6.33. The van der Waals surface area contributed by atoms with Crippen molar-refractivity contribution in [3.05, 3.63) is 34.7 Å². The van der Waals surface area contributed by atoms with E-state index in [-0.39, 0.29) is 5.91 Å². The Kier molecular flexibility index (Phi) is 7.93. The topological polar surface area (TPSA) is 32.8 Å². The molecule has 136 valence electrons.